The lowest BCUT2D eigenvalue weighted by Gasteiger charge is -2.30. The average molecular weight is 645 g/mol. The van der Waals surface area contributed by atoms with Gasteiger partial charge in [0.15, 0.2) is 9.84 Å². The second-order valence-electron chi connectivity index (χ2n) is 8.69. The molecule has 1 heterocycles. The van der Waals surface area contributed by atoms with Gasteiger partial charge in [0.1, 0.15) is 5.75 Å². The predicted octanol–water partition coefficient (Wildman–Crippen LogP) is 6.27. The molecule has 0 spiro atoms. The fourth-order valence-electron chi connectivity index (χ4n) is 3.66. The molecular weight excluding hydrogens is 630 g/mol. The van der Waals surface area contributed by atoms with Crippen LogP contribution in [-0.4, -0.2) is 38.2 Å². The van der Waals surface area contributed by atoms with E-state index in [-0.39, 0.29) is 45.9 Å². The molecule has 1 unspecified atom stereocenters. The molecule has 0 saturated carbocycles. The third-order valence-electron chi connectivity index (χ3n) is 5.57. The number of nitrogens with one attached hydrogen (secondary N) is 1. The summed E-state index contributed by atoms with van der Waals surface area (Å²) in [6, 6.07) is 1.56. The van der Waals surface area contributed by atoms with Gasteiger partial charge in [0.2, 0.25) is 5.91 Å². The maximum atomic E-state index is 14.3. The molecule has 0 saturated heterocycles. The zero-order valence-electron chi connectivity index (χ0n) is 19.7. The molecule has 1 N–H and O–H groups in total. The summed E-state index contributed by atoms with van der Waals surface area (Å²) in [7, 11) is -3.66. The summed E-state index contributed by atoms with van der Waals surface area (Å²) in [6.45, 7) is -0.383. The Balaban J connectivity index is 2.00. The highest BCUT2D eigenvalue weighted by Gasteiger charge is 2.63. The molecule has 40 heavy (non-hydrogen) atoms. The molecule has 3 rings (SSSR count). The molecule has 0 aliphatic carbocycles. The molecule has 6 nitrogen and oxygen atoms in total. The molecule has 2 aromatic carbocycles. The molecule has 1 aliphatic heterocycles. The monoisotopic (exact) mass is 644 g/mol. The minimum atomic E-state index is -5.54. The highest BCUT2D eigenvalue weighted by Crippen LogP contribution is 2.51. The Morgan fingerprint density at radius 1 is 0.950 bits per heavy atom. The van der Waals surface area contributed by atoms with Gasteiger partial charge < -0.3 is 10.2 Å². The Morgan fingerprint density at radius 3 is 1.88 bits per heavy atom. The topological polar surface area (TPSA) is 84.8 Å². The number of hydrogen-bond donors (Lipinski definition) is 1. The number of halogens is 11. The maximum Gasteiger partial charge on any atom is 0.435 e. The van der Waals surface area contributed by atoms with E-state index in [2.05, 4.69) is 15.3 Å². The van der Waals surface area contributed by atoms with Crippen LogP contribution in [0.5, 0.6) is 0 Å². The van der Waals surface area contributed by atoms with Crippen LogP contribution in [0.25, 0.3) is 0 Å². The number of hydrogen-bond acceptors (Lipinski definition) is 5. The largest absolute Gasteiger partial charge is 0.435 e. The van der Waals surface area contributed by atoms with Gasteiger partial charge in [-0.1, -0.05) is 28.4 Å². The van der Waals surface area contributed by atoms with E-state index in [0.29, 0.717) is 0 Å². The second kappa shape index (κ2) is 10.6. The average Bonchev–Trinajstić information content (AvgIpc) is 3.23. The first-order valence-electron chi connectivity index (χ1n) is 10.6. The van der Waals surface area contributed by atoms with E-state index in [1.54, 1.807) is 0 Å². The van der Waals surface area contributed by atoms with Gasteiger partial charge in [-0.15, -0.1) is 0 Å². The number of carbonyl (C=O) groups excluding carboxylic acids is 1. The molecule has 1 amide bonds. The Morgan fingerprint density at radius 2 is 1.45 bits per heavy atom. The van der Waals surface area contributed by atoms with Crippen molar-refractivity contribution in [1.29, 1.82) is 0 Å². The number of amides is 1. The van der Waals surface area contributed by atoms with E-state index in [0.717, 1.165) is 18.4 Å². The van der Waals surface area contributed by atoms with E-state index in [4.69, 9.17) is 23.2 Å². The number of benzene rings is 2. The number of nitrogens with zero attached hydrogens (tertiary/aromatic N) is 1. The van der Waals surface area contributed by atoms with Crippen molar-refractivity contribution in [3.05, 3.63) is 68.2 Å². The summed E-state index contributed by atoms with van der Waals surface area (Å²) in [6.07, 6.45) is -16.9. The van der Waals surface area contributed by atoms with Gasteiger partial charge in [0.25, 0.3) is 5.60 Å². The molecule has 1 aliphatic rings. The van der Waals surface area contributed by atoms with E-state index in [9.17, 15) is 52.7 Å². The van der Waals surface area contributed by atoms with Gasteiger partial charge in [-0.2, -0.15) is 39.5 Å². The van der Waals surface area contributed by atoms with Crippen LogP contribution in [0.2, 0.25) is 10.0 Å². The minimum absolute atomic E-state index is 0.0308. The van der Waals surface area contributed by atoms with Crippen LogP contribution in [0.4, 0.5) is 39.5 Å². The van der Waals surface area contributed by atoms with Crippen molar-refractivity contribution in [2.75, 3.05) is 12.0 Å². The van der Waals surface area contributed by atoms with Crippen molar-refractivity contribution in [3.63, 3.8) is 0 Å². The quantitative estimate of drug-likeness (QED) is 0.376. The maximum absolute atomic E-state index is 14.3. The molecule has 0 fully saturated rings. The first-order chi connectivity index (χ1) is 18.0. The molecule has 0 aromatic heterocycles. The van der Waals surface area contributed by atoms with E-state index in [1.807, 2.05) is 0 Å². The highest BCUT2D eigenvalue weighted by molar-refractivity contribution is 7.91. The lowest BCUT2D eigenvalue weighted by molar-refractivity contribution is -0.276. The fraction of sp³-hybridized carbons (Fsp3) is 0.364. The summed E-state index contributed by atoms with van der Waals surface area (Å²) in [5.41, 5.74) is -9.90. The summed E-state index contributed by atoms with van der Waals surface area (Å²) < 4.78 is 145. The first kappa shape index (κ1) is 31.8. The Hall–Kier alpha value is -2.72. The lowest BCUT2D eigenvalue weighted by Crippen LogP contribution is -2.43. The van der Waals surface area contributed by atoms with Gasteiger partial charge in [0, 0.05) is 46.0 Å². The normalized spacial score (nSPS) is 18.4. The fourth-order valence-corrected chi connectivity index (χ4v) is 4.86. The number of alkyl halides is 9. The van der Waals surface area contributed by atoms with Crippen LogP contribution in [0, 0.1) is 0 Å². The molecular formula is C22H15Cl2F9N2O4S. The van der Waals surface area contributed by atoms with E-state index in [1.165, 1.54) is 0 Å². The predicted molar refractivity (Wildman–Crippen MR) is 124 cm³/mol. The van der Waals surface area contributed by atoms with Gasteiger partial charge in [-0.05, 0) is 30.3 Å². The van der Waals surface area contributed by atoms with Crippen molar-refractivity contribution < 1.29 is 57.6 Å². The van der Waals surface area contributed by atoms with Crippen molar-refractivity contribution >= 4 is 44.7 Å². The highest BCUT2D eigenvalue weighted by atomic mass is 35.5. The standard InChI is InChI=1S/C22H15Cl2F9N2O4S/c1-40(37,38)9-18(36)34-8-14-15(23)2-10(3-16(14)24)17-7-19(39-35-17,22(31,32)33)11-4-12(20(25,26)27)6-13(5-11)21(28,29)30/h2-6H,7-9H2,1H3,(H,34,36). The van der Waals surface area contributed by atoms with Gasteiger partial charge in [-0.25, -0.2) is 8.42 Å². The second-order valence-corrected chi connectivity index (χ2v) is 11.6. The SMILES string of the molecule is CS(=O)(=O)CC(=O)NCc1c(Cl)cc(C2=NOC(c3cc(C(F)(F)F)cc(C(F)(F)F)c3)(C(F)(F)F)C2)cc1Cl. The molecule has 2 aromatic rings. The van der Waals surface area contributed by atoms with Gasteiger partial charge in [0.05, 0.1) is 16.8 Å². The zero-order chi connectivity index (χ0) is 30.5. The molecule has 0 bridgehead atoms. The summed E-state index contributed by atoms with van der Waals surface area (Å²) in [5, 5.41) is 5.08. The van der Waals surface area contributed by atoms with Crippen molar-refractivity contribution in [2.45, 2.75) is 37.1 Å². The molecule has 1 atom stereocenters. The summed E-state index contributed by atoms with van der Waals surface area (Å²) in [4.78, 5) is 16.3. The van der Waals surface area contributed by atoms with Crippen molar-refractivity contribution in [1.82, 2.24) is 5.32 Å². The Bertz CT molecular complexity index is 1420. The van der Waals surface area contributed by atoms with Crippen LogP contribution in [0.3, 0.4) is 0 Å². The van der Waals surface area contributed by atoms with Crippen molar-refractivity contribution in [3.8, 4) is 0 Å². The van der Waals surface area contributed by atoms with Crippen molar-refractivity contribution in [2.24, 2.45) is 5.16 Å². The summed E-state index contributed by atoms with van der Waals surface area (Å²) in [5.74, 6) is -1.75. The van der Waals surface area contributed by atoms with Gasteiger partial charge >= 0.3 is 18.5 Å². The van der Waals surface area contributed by atoms with Crippen LogP contribution < -0.4 is 5.32 Å². The lowest BCUT2D eigenvalue weighted by atomic mass is 9.84. The third kappa shape index (κ3) is 6.94. The van der Waals surface area contributed by atoms with Gasteiger partial charge in [-0.3, -0.25) is 4.79 Å². The van der Waals surface area contributed by atoms with Crippen LogP contribution in [-0.2, 0) is 44.0 Å². The smallest absolute Gasteiger partial charge is 0.374 e. The first-order valence-corrected chi connectivity index (χ1v) is 13.4. The van der Waals surface area contributed by atoms with Crippen LogP contribution in [0.1, 0.15) is 34.2 Å². The summed E-state index contributed by atoms with van der Waals surface area (Å²) >= 11 is 12.3. The molecule has 0 radical (unpaired) electrons. The van der Waals surface area contributed by atoms with E-state index >= 15 is 0 Å². The number of rotatable bonds is 6. The Labute approximate surface area is 230 Å². The van der Waals surface area contributed by atoms with Crippen LogP contribution >= 0.6 is 23.2 Å². The van der Waals surface area contributed by atoms with E-state index < -0.39 is 74.5 Å². The number of oxime groups is 1. The third-order valence-corrected chi connectivity index (χ3v) is 7.03. The molecule has 18 heteroatoms. The molecule has 220 valence electrons. The minimum Gasteiger partial charge on any atom is -0.374 e. The zero-order valence-corrected chi connectivity index (χ0v) is 22.0. The number of carbonyl (C=O) groups is 1. The van der Waals surface area contributed by atoms with Crippen LogP contribution in [0.15, 0.2) is 35.5 Å². The number of sulfone groups is 1. The Kier molecular flexibility index (Phi) is 8.43.